The first-order valence-corrected chi connectivity index (χ1v) is 7.73. The number of halogens is 2. The lowest BCUT2D eigenvalue weighted by atomic mass is 9.91. The fourth-order valence-electron chi connectivity index (χ4n) is 2.71. The van der Waals surface area contributed by atoms with Crippen LogP contribution in [0.1, 0.15) is 19.3 Å². The molecule has 22 heavy (non-hydrogen) atoms. The minimum absolute atomic E-state index is 0.382. The molecule has 0 aliphatic heterocycles. The Morgan fingerprint density at radius 2 is 2.09 bits per heavy atom. The Morgan fingerprint density at radius 3 is 2.73 bits per heavy atom. The van der Waals surface area contributed by atoms with E-state index >= 15 is 0 Å². The predicted molar refractivity (Wildman–Crippen MR) is 85.3 cm³/mol. The molecule has 0 radical (unpaired) electrons. The van der Waals surface area contributed by atoms with Crippen molar-refractivity contribution in [1.29, 1.82) is 0 Å². The van der Waals surface area contributed by atoms with Crippen molar-refractivity contribution in [1.82, 2.24) is 15.2 Å². The summed E-state index contributed by atoms with van der Waals surface area (Å²) in [6.07, 6.45) is 7.50. The standard InChI is InChI=1S/C15H13Cl2N3O2/c16-10-4-11(22-15(21)2-1-3-15)12-9(8-5-19-20-6-8)7-18-14(12)13(10)17/h4-7,18,21H,1-3H2,(H,19,20). The molecular weight excluding hydrogens is 325 g/mol. The molecule has 4 rings (SSSR count). The Hall–Kier alpha value is -1.69. The average molecular weight is 338 g/mol. The second-order valence-corrected chi connectivity index (χ2v) is 6.30. The number of aromatic amines is 2. The van der Waals surface area contributed by atoms with Gasteiger partial charge in [0.15, 0.2) is 0 Å². The van der Waals surface area contributed by atoms with Gasteiger partial charge in [-0.1, -0.05) is 23.2 Å². The third-order valence-corrected chi connectivity index (χ3v) is 4.84. The van der Waals surface area contributed by atoms with Crippen LogP contribution in [0.5, 0.6) is 5.75 Å². The fourth-order valence-corrected chi connectivity index (χ4v) is 3.11. The van der Waals surface area contributed by atoms with Gasteiger partial charge in [0, 0.05) is 42.4 Å². The van der Waals surface area contributed by atoms with Gasteiger partial charge in [-0.05, 0) is 6.42 Å². The molecule has 1 fully saturated rings. The highest BCUT2D eigenvalue weighted by Crippen LogP contribution is 2.45. The van der Waals surface area contributed by atoms with E-state index in [0.717, 1.165) is 22.9 Å². The van der Waals surface area contributed by atoms with Gasteiger partial charge in [0.1, 0.15) is 5.75 Å². The van der Waals surface area contributed by atoms with Crippen LogP contribution in [0.4, 0.5) is 0 Å². The maximum absolute atomic E-state index is 10.3. The summed E-state index contributed by atoms with van der Waals surface area (Å²) in [6, 6.07) is 1.65. The van der Waals surface area contributed by atoms with Crippen molar-refractivity contribution < 1.29 is 9.84 Å². The lowest BCUT2D eigenvalue weighted by Crippen LogP contribution is -2.42. The molecule has 0 spiro atoms. The van der Waals surface area contributed by atoms with Crippen LogP contribution in [0.3, 0.4) is 0 Å². The summed E-state index contributed by atoms with van der Waals surface area (Å²) in [5.41, 5.74) is 2.47. The molecule has 0 saturated heterocycles. The third kappa shape index (κ3) is 2.08. The van der Waals surface area contributed by atoms with Crippen LogP contribution in [0.25, 0.3) is 22.0 Å². The zero-order valence-electron chi connectivity index (χ0n) is 11.5. The highest BCUT2D eigenvalue weighted by molar-refractivity contribution is 6.45. The molecule has 0 bridgehead atoms. The molecule has 2 heterocycles. The number of nitrogens with one attached hydrogen (secondary N) is 2. The first-order chi connectivity index (χ1) is 10.6. The molecule has 114 valence electrons. The van der Waals surface area contributed by atoms with E-state index in [1.54, 1.807) is 18.5 Å². The molecule has 0 amide bonds. The lowest BCUT2D eigenvalue weighted by Gasteiger charge is -2.36. The van der Waals surface area contributed by atoms with E-state index in [4.69, 9.17) is 27.9 Å². The topological polar surface area (TPSA) is 73.9 Å². The quantitative estimate of drug-likeness (QED) is 0.629. The van der Waals surface area contributed by atoms with Crippen LogP contribution < -0.4 is 4.74 Å². The molecule has 0 unspecified atom stereocenters. The van der Waals surface area contributed by atoms with Gasteiger partial charge in [-0.15, -0.1) is 0 Å². The summed E-state index contributed by atoms with van der Waals surface area (Å²) in [5, 5.41) is 18.7. The van der Waals surface area contributed by atoms with Crippen LogP contribution in [0, 0.1) is 0 Å². The summed E-state index contributed by atoms with van der Waals surface area (Å²) in [4.78, 5) is 3.13. The molecule has 0 atom stereocenters. The van der Waals surface area contributed by atoms with Crippen LogP contribution in [-0.4, -0.2) is 26.1 Å². The molecule has 1 aliphatic carbocycles. The Bertz CT molecular complexity index is 838. The van der Waals surface area contributed by atoms with Crippen molar-refractivity contribution >= 4 is 34.1 Å². The molecule has 3 aromatic rings. The molecule has 1 saturated carbocycles. The van der Waals surface area contributed by atoms with Crippen molar-refractivity contribution in [2.24, 2.45) is 0 Å². The lowest BCUT2D eigenvalue weighted by molar-refractivity contribution is -0.188. The second kappa shape index (κ2) is 4.91. The number of ether oxygens (including phenoxy) is 1. The van der Waals surface area contributed by atoms with Gasteiger partial charge < -0.3 is 14.8 Å². The average Bonchev–Trinajstić information content (AvgIpc) is 3.11. The highest BCUT2D eigenvalue weighted by Gasteiger charge is 2.37. The normalized spacial score (nSPS) is 16.7. The Morgan fingerprint density at radius 1 is 1.27 bits per heavy atom. The maximum Gasteiger partial charge on any atom is 0.208 e. The maximum atomic E-state index is 10.3. The van der Waals surface area contributed by atoms with Gasteiger partial charge in [-0.3, -0.25) is 5.10 Å². The number of rotatable bonds is 3. The zero-order valence-corrected chi connectivity index (χ0v) is 13.0. The summed E-state index contributed by atoms with van der Waals surface area (Å²) in [6.45, 7) is 0. The number of hydrogen-bond donors (Lipinski definition) is 3. The number of H-pyrrole nitrogens is 2. The Kier molecular flexibility index (Phi) is 3.11. The van der Waals surface area contributed by atoms with E-state index < -0.39 is 5.79 Å². The molecule has 7 heteroatoms. The van der Waals surface area contributed by atoms with Gasteiger partial charge in [-0.2, -0.15) is 5.10 Å². The van der Waals surface area contributed by atoms with Crippen LogP contribution in [0.2, 0.25) is 10.0 Å². The van der Waals surface area contributed by atoms with Crippen LogP contribution >= 0.6 is 23.2 Å². The first-order valence-electron chi connectivity index (χ1n) is 6.97. The van der Waals surface area contributed by atoms with Crippen molar-refractivity contribution in [3.05, 3.63) is 34.7 Å². The number of aromatic nitrogens is 3. The van der Waals surface area contributed by atoms with Crippen molar-refractivity contribution in [2.75, 3.05) is 0 Å². The zero-order chi connectivity index (χ0) is 15.3. The van der Waals surface area contributed by atoms with E-state index in [9.17, 15) is 5.11 Å². The minimum atomic E-state index is -1.12. The van der Waals surface area contributed by atoms with E-state index in [1.165, 1.54) is 0 Å². The summed E-state index contributed by atoms with van der Waals surface area (Å²) in [7, 11) is 0. The molecular formula is C15H13Cl2N3O2. The monoisotopic (exact) mass is 337 g/mol. The van der Waals surface area contributed by atoms with Crippen molar-refractivity contribution in [3.8, 4) is 16.9 Å². The van der Waals surface area contributed by atoms with Gasteiger partial charge in [0.05, 0.1) is 27.1 Å². The molecule has 3 N–H and O–H groups in total. The number of aliphatic hydroxyl groups is 1. The molecule has 5 nitrogen and oxygen atoms in total. The Labute approximate surface area is 136 Å². The second-order valence-electron chi connectivity index (χ2n) is 5.51. The van der Waals surface area contributed by atoms with Crippen LogP contribution in [0.15, 0.2) is 24.7 Å². The number of hydrogen-bond acceptors (Lipinski definition) is 3. The van der Waals surface area contributed by atoms with Gasteiger partial charge in [-0.25, -0.2) is 0 Å². The van der Waals surface area contributed by atoms with Crippen LogP contribution in [-0.2, 0) is 0 Å². The Balaban J connectivity index is 1.94. The number of benzene rings is 1. The highest BCUT2D eigenvalue weighted by atomic mass is 35.5. The van der Waals surface area contributed by atoms with E-state index in [1.807, 2.05) is 6.20 Å². The molecule has 1 aliphatic rings. The smallest absolute Gasteiger partial charge is 0.208 e. The fraction of sp³-hybridized carbons (Fsp3) is 0.267. The molecule has 1 aromatic carbocycles. The largest absolute Gasteiger partial charge is 0.462 e. The minimum Gasteiger partial charge on any atom is -0.462 e. The van der Waals surface area contributed by atoms with E-state index in [2.05, 4.69) is 15.2 Å². The summed E-state index contributed by atoms with van der Waals surface area (Å²) in [5.74, 6) is -0.598. The number of nitrogens with zero attached hydrogens (tertiary/aromatic N) is 1. The van der Waals surface area contributed by atoms with Gasteiger partial charge in [0.25, 0.3) is 0 Å². The number of fused-ring (bicyclic) bond motifs is 1. The SMILES string of the molecule is OC1(Oc2cc(Cl)c(Cl)c3[nH]cc(-c4cn[nH]c4)c23)CCC1. The van der Waals surface area contributed by atoms with Gasteiger partial charge in [0.2, 0.25) is 5.79 Å². The summed E-state index contributed by atoms with van der Waals surface area (Å²) >= 11 is 12.5. The predicted octanol–water partition coefficient (Wildman–Crippen LogP) is 4.12. The van der Waals surface area contributed by atoms with Crippen molar-refractivity contribution in [3.63, 3.8) is 0 Å². The van der Waals surface area contributed by atoms with E-state index in [-0.39, 0.29) is 0 Å². The third-order valence-electron chi connectivity index (χ3n) is 4.06. The van der Waals surface area contributed by atoms with Crippen molar-refractivity contribution in [2.45, 2.75) is 25.0 Å². The first kappa shape index (κ1) is 13.9. The van der Waals surface area contributed by atoms with E-state index in [0.29, 0.717) is 34.2 Å². The molecule has 2 aromatic heterocycles. The van der Waals surface area contributed by atoms with Gasteiger partial charge >= 0.3 is 0 Å². The summed E-state index contributed by atoms with van der Waals surface area (Å²) < 4.78 is 5.85.